The van der Waals surface area contributed by atoms with Crippen LogP contribution in [0.25, 0.3) is 10.9 Å². The first-order chi connectivity index (χ1) is 12.9. The Hall–Kier alpha value is -1.82. The van der Waals surface area contributed by atoms with Crippen LogP contribution in [0.5, 0.6) is 0 Å². The predicted octanol–water partition coefficient (Wildman–Crippen LogP) is 4.01. The average molecular weight is 388 g/mol. The van der Waals surface area contributed by atoms with Gasteiger partial charge in [0.05, 0.1) is 16.2 Å². The third kappa shape index (κ3) is 4.05. The second kappa shape index (κ2) is 8.46. The van der Waals surface area contributed by atoms with Crippen molar-refractivity contribution in [3.8, 4) is 0 Å². The minimum atomic E-state index is -0.305. The highest BCUT2D eigenvalue weighted by molar-refractivity contribution is 8.00. The van der Waals surface area contributed by atoms with E-state index in [2.05, 4.69) is 19.2 Å². The summed E-state index contributed by atoms with van der Waals surface area (Å²) in [4.78, 5) is 30.4. The van der Waals surface area contributed by atoms with Crippen molar-refractivity contribution in [1.29, 1.82) is 0 Å². The number of nitrogens with one attached hydrogen (secondary N) is 1. The topological polar surface area (TPSA) is 64.0 Å². The minimum Gasteiger partial charge on any atom is -0.355 e. The van der Waals surface area contributed by atoms with Crippen molar-refractivity contribution in [2.75, 3.05) is 6.54 Å². The van der Waals surface area contributed by atoms with Gasteiger partial charge in [0.15, 0.2) is 5.16 Å². The standard InChI is InChI=1S/C21H29N3O2S/c1-5-22-19(25)15(4)27-21-23-17-11-7-6-10-16(17)20(26)24(21)18-12-8-9-13(2)14(18)3/h6-7,10-11,13-15,18H,5,8-9,12H2,1-4H3,(H,22,25)/t13-,14-,15+,18+/m0/s1. The molecule has 1 saturated carbocycles. The molecule has 0 saturated heterocycles. The summed E-state index contributed by atoms with van der Waals surface area (Å²) in [7, 11) is 0. The highest BCUT2D eigenvalue weighted by Gasteiger charge is 2.32. The van der Waals surface area contributed by atoms with Crippen molar-refractivity contribution < 1.29 is 4.79 Å². The highest BCUT2D eigenvalue weighted by atomic mass is 32.2. The minimum absolute atomic E-state index is 0.0112. The van der Waals surface area contributed by atoms with Crippen LogP contribution in [0.3, 0.4) is 0 Å². The lowest BCUT2D eigenvalue weighted by atomic mass is 9.78. The number of rotatable bonds is 5. The van der Waals surface area contributed by atoms with E-state index in [-0.39, 0.29) is 22.8 Å². The Bertz CT molecular complexity index is 879. The molecule has 1 amide bonds. The Kier molecular flexibility index (Phi) is 6.25. The summed E-state index contributed by atoms with van der Waals surface area (Å²) in [5, 5.41) is 3.86. The normalized spacial score (nSPS) is 23.9. The van der Waals surface area contributed by atoms with Crippen LogP contribution in [0, 0.1) is 11.8 Å². The van der Waals surface area contributed by atoms with Gasteiger partial charge in [-0.2, -0.15) is 0 Å². The fourth-order valence-electron chi connectivity index (χ4n) is 3.95. The molecule has 4 atom stereocenters. The molecule has 1 fully saturated rings. The molecule has 1 aliphatic carbocycles. The van der Waals surface area contributed by atoms with Gasteiger partial charge in [-0.05, 0) is 44.2 Å². The van der Waals surface area contributed by atoms with Gasteiger partial charge in [0.2, 0.25) is 5.91 Å². The predicted molar refractivity (Wildman–Crippen MR) is 111 cm³/mol. The molecule has 0 radical (unpaired) electrons. The summed E-state index contributed by atoms with van der Waals surface area (Å²) < 4.78 is 1.88. The SMILES string of the molecule is CCNC(=O)[C@@H](C)Sc1nc2ccccc2c(=O)n1[C@@H]1CCC[C@H](C)[C@@H]1C. The van der Waals surface area contributed by atoms with Gasteiger partial charge >= 0.3 is 0 Å². The largest absolute Gasteiger partial charge is 0.355 e. The summed E-state index contributed by atoms with van der Waals surface area (Å²) in [6.07, 6.45) is 3.30. The zero-order valence-electron chi connectivity index (χ0n) is 16.6. The summed E-state index contributed by atoms with van der Waals surface area (Å²) in [6, 6.07) is 7.62. The molecular weight excluding hydrogens is 358 g/mol. The van der Waals surface area contributed by atoms with Crippen molar-refractivity contribution in [3.05, 3.63) is 34.6 Å². The van der Waals surface area contributed by atoms with Crippen molar-refractivity contribution in [2.24, 2.45) is 11.8 Å². The Morgan fingerprint density at radius 2 is 2.07 bits per heavy atom. The number of fused-ring (bicyclic) bond motifs is 1. The number of nitrogens with zero attached hydrogens (tertiary/aromatic N) is 2. The molecule has 0 unspecified atom stereocenters. The number of carbonyl (C=O) groups excluding carboxylic acids is 1. The highest BCUT2D eigenvalue weighted by Crippen LogP contribution is 2.39. The monoisotopic (exact) mass is 387 g/mol. The van der Waals surface area contributed by atoms with Crippen LogP contribution in [0.2, 0.25) is 0 Å². The van der Waals surface area contributed by atoms with Crippen LogP contribution < -0.4 is 10.9 Å². The van der Waals surface area contributed by atoms with E-state index in [0.717, 1.165) is 12.8 Å². The third-order valence-electron chi connectivity index (χ3n) is 5.77. The summed E-state index contributed by atoms with van der Waals surface area (Å²) in [5.74, 6) is 0.945. The van der Waals surface area contributed by atoms with E-state index in [1.54, 1.807) is 0 Å². The molecule has 0 aliphatic heterocycles. The van der Waals surface area contributed by atoms with Crippen LogP contribution in [0.15, 0.2) is 34.2 Å². The molecule has 1 aromatic heterocycles. The molecule has 1 heterocycles. The quantitative estimate of drug-likeness (QED) is 0.622. The van der Waals surface area contributed by atoms with E-state index in [4.69, 9.17) is 4.98 Å². The van der Waals surface area contributed by atoms with E-state index in [1.807, 2.05) is 42.7 Å². The molecule has 6 heteroatoms. The van der Waals surface area contributed by atoms with Crippen LogP contribution in [0.1, 0.15) is 53.0 Å². The molecule has 27 heavy (non-hydrogen) atoms. The lowest BCUT2D eigenvalue weighted by Gasteiger charge is -2.36. The second-order valence-electron chi connectivity index (χ2n) is 7.58. The second-order valence-corrected chi connectivity index (χ2v) is 8.88. The number of hydrogen-bond acceptors (Lipinski definition) is 4. The first-order valence-corrected chi connectivity index (χ1v) is 10.8. The molecule has 146 valence electrons. The number of para-hydroxylation sites is 1. The average Bonchev–Trinajstić information content (AvgIpc) is 2.65. The lowest BCUT2D eigenvalue weighted by molar-refractivity contribution is -0.120. The van der Waals surface area contributed by atoms with E-state index < -0.39 is 0 Å². The van der Waals surface area contributed by atoms with Crippen LogP contribution >= 0.6 is 11.8 Å². The van der Waals surface area contributed by atoms with Gasteiger partial charge in [0, 0.05) is 12.6 Å². The van der Waals surface area contributed by atoms with Crippen molar-refractivity contribution in [1.82, 2.24) is 14.9 Å². The lowest BCUT2D eigenvalue weighted by Crippen LogP contribution is -2.36. The molecule has 0 spiro atoms. The number of hydrogen-bond donors (Lipinski definition) is 1. The Morgan fingerprint density at radius 1 is 1.33 bits per heavy atom. The Morgan fingerprint density at radius 3 is 2.81 bits per heavy atom. The summed E-state index contributed by atoms with van der Waals surface area (Å²) in [6.45, 7) is 8.87. The van der Waals surface area contributed by atoms with E-state index >= 15 is 0 Å². The maximum Gasteiger partial charge on any atom is 0.262 e. The van der Waals surface area contributed by atoms with Gasteiger partial charge in [-0.1, -0.05) is 50.6 Å². The van der Waals surface area contributed by atoms with E-state index in [9.17, 15) is 9.59 Å². The first-order valence-electron chi connectivity index (χ1n) is 9.89. The van der Waals surface area contributed by atoms with E-state index in [0.29, 0.717) is 34.4 Å². The number of thioether (sulfide) groups is 1. The van der Waals surface area contributed by atoms with Gasteiger partial charge in [0.25, 0.3) is 5.56 Å². The molecule has 1 N–H and O–H groups in total. The zero-order chi connectivity index (χ0) is 19.6. The maximum atomic E-state index is 13.4. The molecule has 5 nitrogen and oxygen atoms in total. The van der Waals surface area contributed by atoms with Crippen LogP contribution in [-0.2, 0) is 4.79 Å². The van der Waals surface area contributed by atoms with Crippen molar-refractivity contribution in [3.63, 3.8) is 0 Å². The first kappa shape index (κ1) is 19.9. The molecule has 1 aromatic carbocycles. The Balaban J connectivity index is 2.10. The van der Waals surface area contributed by atoms with Gasteiger partial charge in [-0.25, -0.2) is 4.98 Å². The molecular formula is C21H29N3O2S. The fraction of sp³-hybridized carbons (Fsp3) is 0.571. The smallest absolute Gasteiger partial charge is 0.262 e. The molecule has 1 aliphatic rings. The third-order valence-corrected chi connectivity index (χ3v) is 6.84. The maximum absolute atomic E-state index is 13.4. The number of aromatic nitrogens is 2. The molecule has 3 rings (SSSR count). The van der Waals surface area contributed by atoms with Crippen LogP contribution in [-0.4, -0.2) is 27.3 Å². The van der Waals surface area contributed by atoms with Gasteiger partial charge in [-0.15, -0.1) is 0 Å². The molecule has 0 bridgehead atoms. The van der Waals surface area contributed by atoms with Gasteiger partial charge in [-0.3, -0.25) is 14.2 Å². The summed E-state index contributed by atoms with van der Waals surface area (Å²) in [5.41, 5.74) is 0.706. The fourth-order valence-corrected chi connectivity index (χ4v) is 4.94. The van der Waals surface area contributed by atoms with Gasteiger partial charge < -0.3 is 5.32 Å². The van der Waals surface area contributed by atoms with Crippen LogP contribution in [0.4, 0.5) is 0 Å². The van der Waals surface area contributed by atoms with Gasteiger partial charge in [0.1, 0.15) is 0 Å². The number of amides is 1. The number of carbonyl (C=O) groups is 1. The van der Waals surface area contributed by atoms with Crippen molar-refractivity contribution in [2.45, 2.75) is 63.4 Å². The van der Waals surface area contributed by atoms with Crippen molar-refractivity contribution >= 4 is 28.6 Å². The zero-order valence-corrected chi connectivity index (χ0v) is 17.4. The number of benzene rings is 1. The molecule has 2 aromatic rings. The summed E-state index contributed by atoms with van der Waals surface area (Å²) >= 11 is 1.38. The Labute approximate surface area is 164 Å². The van der Waals surface area contributed by atoms with E-state index in [1.165, 1.54) is 18.2 Å².